The minimum absolute atomic E-state index is 0.0425. The molecule has 0 unspecified atom stereocenters. The minimum atomic E-state index is -0.746. The zero-order valence-electron chi connectivity index (χ0n) is 17.5. The second kappa shape index (κ2) is 10.5. The quantitative estimate of drug-likeness (QED) is 0.593. The van der Waals surface area contributed by atoms with Gasteiger partial charge in [-0.1, -0.05) is 19.6 Å². The molecule has 0 radical (unpaired) electrons. The minimum Gasteiger partial charge on any atom is -0.491 e. The Morgan fingerprint density at radius 3 is 2.55 bits per heavy atom. The molecule has 7 nitrogen and oxygen atoms in total. The van der Waals surface area contributed by atoms with Gasteiger partial charge in [0, 0.05) is 23.0 Å². The van der Waals surface area contributed by atoms with E-state index in [4.69, 9.17) is 15.7 Å². The maximum atomic E-state index is 14.1. The van der Waals surface area contributed by atoms with Crippen LogP contribution in [-0.4, -0.2) is 24.5 Å². The van der Waals surface area contributed by atoms with Crippen molar-refractivity contribution in [2.75, 3.05) is 19.0 Å². The number of halogens is 2. The lowest BCUT2D eigenvalue weighted by Gasteiger charge is -2.19. The largest absolute Gasteiger partial charge is 0.491 e. The van der Waals surface area contributed by atoms with Crippen molar-refractivity contribution in [2.45, 2.75) is 31.7 Å². The van der Waals surface area contributed by atoms with Crippen molar-refractivity contribution in [3.05, 3.63) is 65.5 Å². The standard InChI is InChI=1S/C12H14F2N2O2.C10H11N3/c1-18-11-8(13)3-2-7(10(11)14)12(4-5-12)16-6-9(15)17;1-3-8(2)13-10-5-4-9(6-11)7-12-10/h2-3,16H,4-6H2,1H3,(H2,15,17);4-5,7H,2-3H2,1H3,(H,12,13). The topological polar surface area (TPSA) is 113 Å². The van der Waals surface area contributed by atoms with Gasteiger partial charge in [0.15, 0.2) is 17.4 Å². The number of hydrogen-bond donors (Lipinski definition) is 3. The first-order valence-corrected chi connectivity index (χ1v) is 9.63. The van der Waals surface area contributed by atoms with Crippen LogP contribution in [0.2, 0.25) is 0 Å². The maximum Gasteiger partial charge on any atom is 0.231 e. The summed E-state index contributed by atoms with van der Waals surface area (Å²) in [6.45, 7) is 5.77. The molecule has 1 aliphatic rings. The van der Waals surface area contributed by atoms with Gasteiger partial charge in [0.2, 0.25) is 5.91 Å². The van der Waals surface area contributed by atoms with E-state index in [9.17, 15) is 13.6 Å². The number of methoxy groups -OCH3 is 1. The van der Waals surface area contributed by atoms with Crippen LogP contribution in [0, 0.1) is 23.0 Å². The van der Waals surface area contributed by atoms with Crippen LogP contribution in [-0.2, 0) is 10.3 Å². The van der Waals surface area contributed by atoms with Crippen LogP contribution < -0.4 is 21.1 Å². The average Bonchev–Trinajstić information content (AvgIpc) is 3.54. The zero-order valence-corrected chi connectivity index (χ0v) is 17.5. The van der Waals surface area contributed by atoms with Crippen molar-refractivity contribution < 1.29 is 18.3 Å². The average molecular weight is 429 g/mol. The molecule has 1 saturated carbocycles. The summed E-state index contributed by atoms with van der Waals surface area (Å²) >= 11 is 0. The van der Waals surface area contributed by atoms with Gasteiger partial charge in [-0.05, 0) is 37.5 Å². The molecule has 1 fully saturated rings. The Labute approximate surface area is 179 Å². The predicted molar refractivity (Wildman–Crippen MR) is 113 cm³/mol. The molecule has 1 aromatic carbocycles. The Kier molecular flexibility index (Phi) is 8.05. The fourth-order valence-corrected chi connectivity index (χ4v) is 2.82. The Morgan fingerprint density at radius 2 is 2.06 bits per heavy atom. The SMILES string of the molecule is C=C(CC)Nc1ccc(C#N)cn1.COc1c(F)ccc(C2(NCC(N)=O)CC2)c1F. The lowest BCUT2D eigenvalue weighted by Crippen LogP contribution is -2.37. The number of nitrogens with two attached hydrogens (primary N) is 1. The van der Waals surface area contributed by atoms with E-state index in [0.29, 0.717) is 24.0 Å². The van der Waals surface area contributed by atoms with E-state index in [0.717, 1.165) is 24.0 Å². The van der Waals surface area contributed by atoms with Crippen molar-refractivity contribution in [1.82, 2.24) is 10.3 Å². The number of carbonyl (C=O) groups excluding carboxylic acids is 1. The lowest BCUT2D eigenvalue weighted by atomic mass is 10.0. The molecule has 1 aromatic heterocycles. The third-order valence-corrected chi connectivity index (χ3v) is 4.74. The number of amides is 1. The highest BCUT2D eigenvalue weighted by Gasteiger charge is 2.46. The van der Waals surface area contributed by atoms with Gasteiger partial charge in [0.05, 0.1) is 19.2 Å². The van der Waals surface area contributed by atoms with E-state index in [1.54, 1.807) is 12.1 Å². The van der Waals surface area contributed by atoms with Crippen LogP contribution in [0.3, 0.4) is 0 Å². The van der Waals surface area contributed by atoms with Gasteiger partial charge in [0.1, 0.15) is 11.9 Å². The van der Waals surface area contributed by atoms with Crippen LogP contribution in [0.4, 0.5) is 14.6 Å². The highest BCUT2D eigenvalue weighted by atomic mass is 19.1. The molecule has 0 bridgehead atoms. The molecule has 0 spiro atoms. The van der Waals surface area contributed by atoms with Crippen molar-refractivity contribution in [3.63, 3.8) is 0 Å². The normalized spacial score (nSPS) is 13.3. The monoisotopic (exact) mass is 429 g/mol. The molecule has 1 aliphatic carbocycles. The van der Waals surface area contributed by atoms with Crippen molar-refractivity contribution in [1.29, 1.82) is 5.26 Å². The van der Waals surface area contributed by atoms with Crippen LogP contribution in [0.15, 0.2) is 42.7 Å². The number of hydrogen-bond acceptors (Lipinski definition) is 6. The number of primary amides is 1. The number of nitrogens with zero attached hydrogens (tertiary/aromatic N) is 2. The second-order valence-electron chi connectivity index (χ2n) is 6.97. The number of nitriles is 1. The Bertz CT molecular complexity index is 983. The number of aromatic nitrogens is 1. The van der Waals surface area contributed by atoms with E-state index in [1.807, 2.05) is 13.0 Å². The third-order valence-electron chi connectivity index (χ3n) is 4.74. The summed E-state index contributed by atoms with van der Waals surface area (Å²) < 4.78 is 32.1. The second-order valence-corrected chi connectivity index (χ2v) is 6.97. The van der Waals surface area contributed by atoms with E-state index in [-0.39, 0.29) is 6.54 Å². The summed E-state index contributed by atoms with van der Waals surface area (Å²) in [6, 6.07) is 8.02. The molecule has 2 aromatic rings. The molecule has 0 saturated heterocycles. The van der Waals surface area contributed by atoms with Gasteiger partial charge in [-0.15, -0.1) is 0 Å². The zero-order chi connectivity index (χ0) is 23.0. The number of anilines is 1. The highest BCUT2D eigenvalue weighted by Crippen LogP contribution is 2.47. The molecule has 9 heteroatoms. The molecule has 31 heavy (non-hydrogen) atoms. The van der Waals surface area contributed by atoms with Crippen LogP contribution in [0.5, 0.6) is 5.75 Å². The van der Waals surface area contributed by atoms with Crippen molar-refractivity contribution >= 4 is 11.7 Å². The number of carbonyl (C=O) groups is 1. The first kappa shape index (κ1) is 23.8. The Hall–Kier alpha value is -3.51. The molecule has 0 aliphatic heterocycles. The van der Waals surface area contributed by atoms with Crippen LogP contribution in [0.1, 0.15) is 37.3 Å². The van der Waals surface area contributed by atoms with Gasteiger partial charge in [-0.3, -0.25) is 10.1 Å². The molecule has 1 heterocycles. The fourth-order valence-electron chi connectivity index (χ4n) is 2.82. The summed E-state index contributed by atoms with van der Waals surface area (Å²) in [5.74, 6) is -1.67. The molecule has 164 valence electrons. The number of nitrogens with one attached hydrogen (secondary N) is 2. The van der Waals surface area contributed by atoms with Crippen LogP contribution >= 0.6 is 0 Å². The first-order valence-electron chi connectivity index (χ1n) is 9.63. The maximum absolute atomic E-state index is 14.1. The van der Waals surface area contributed by atoms with E-state index in [2.05, 4.69) is 22.2 Å². The number of allylic oxidation sites excluding steroid dienone is 1. The summed E-state index contributed by atoms with van der Waals surface area (Å²) in [5, 5.41) is 14.5. The van der Waals surface area contributed by atoms with Gasteiger partial charge in [-0.2, -0.15) is 5.26 Å². The molecule has 4 N–H and O–H groups in total. The fraction of sp³-hybridized carbons (Fsp3) is 0.318. The molecule has 3 rings (SSSR count). The van der Waals surface area contributed by atoms with E-state index >= 15 is 0 Å². The van der Waals surface area contributed by atoms with Crippen molar-refractivity contribution in [3.8, 4) is 11.8 Å². The lowest BCUT2D eigenvalue weighted by molar-refractivity contribution is -0.117. The van der Waals surface area contributed by atoms with E-state index in [1.165, 1.54) is 19.4 Å². The van der Waals surface area contributed by atoms with E-state index < -0.39 is 28.8 Å². The summed E-state index contributed by atoms with van der Waals surface area (Å²) in [6.07, 6.45) is 3.74. The van der Waals surface area contributed by atoms with Gasteiger partial charge < -0.3 is 15.8 Å². The Morgan fingerprint density at radius 1 is 1.35 bits per heavy atom. The third kappa shape index (κ3) is 6.23. The number of ether oxygens (including phenoxy) is 1. The van der Waals surface area contributed by atoms with Gasteiger partial charge >= 0.3 is 0 Å². The molecular formula is C22H25F2N5O2. The number of pyridine rings is 1. The summed E-state index contributed by atoms with van der Waals surface area (Å²) in [5.41, 5.74) is 6.20. The van der Waals surface area contributed by atoms with Gasteiger partial charge in [-0.25, -0.2) is 13.8 Å². The van der Waals surface area contributed by atoms with Crippen molar-refractivity contribution in [2.24, 2.45) is 5.73 Å². The molecule has 1 amide bonds. The van der Waals surface area contributed by atoms with Crippen LogP contribution in [0.25, 0.3) is 0 Å². The number of benzene rings is 1. The highest BCUT2D eigenvalue weighted by molar-refractivity contribution is 5.76. The summed E-state index contributed by atoms with van der Waals surface area (Å²) in [7, 11) is 1.21. The number of rotatable bonds is 8. The predicted octanol–water partition coefficient (Wildman–Crippen LogP) is 3.33. The smallest absolute Gasteiger partial charge is 0.231 e. The molecular weight excluding hydrogens is 404 g/mol. The summed E-state index contributed by atoms with van der Waals surface area (Å²) in [4.78, 5) is 14.8. The Balaban J connectivity index is 0.000000233. The molecule has 0 atom stereocenters. The van der Waals surface area contributed by atoms with Gasteiger partial charge in [0.25, 0.3) is 0 Å². The first-order chi connectivity index (χ1) is 14.8.